The molecule has 4 heteroatoms. The Hall–Kier alpha value is -1.51. The van der Waals surface area contributed by atoms with E-state index in [1.807, 2.05) is 30.3 Å². The summed E-state index contributed by atoms with van der Waals surface area (Å²) in [5.74, 6) is 0. The lowest BCUT2D eigenvalue weighted by atomic mass is 10.0. The van der Waals surface area contributed by atoms with Gasteiger partial charge in [-0.15, -0.1) is 0 Å². The van der Waals surface area contributed by atoms with Crippen LogP contribution < -0.4 is 0 Å². The van der Waals surface area contributed by atoms with Gasteiger partial charge in [-0.2, -0.15) is 0 Å². The quantitative estimate of drug-likeness (QED) is 0.819. The van der Waals surface area contributed by atoms with Crippen molar-refractivity contribution in [2.45, 2.75) is 12.5 Å². The minimum absolute atomic E-state index is 0.414. The van der Waals surface area contributed by atoms with E-state index in [0.717, 1.165) is 11.1 Å². The highest BCUT2D eigenvalue weighted by Crippen LogP contribution is 2.30. The maximum absolute atomic E-state index is 10.5. The number of benzene rings is 2. The van der Waals surface area contributed by atoms with E-state index >= 15 is 0 Å². The van der Waals surface area contributed by atoms with Crippen LogP contribution in [0, 0.1) is 0 Å². The van der Waals surface area contributed by atoms with E-state index in [1.54, 1.807) is 18.2 Å². The summed E-state index contributed by atoms with van der Waals surface area (Å²) in [4.78, 5) is 10.5. The summed E-state index contributed by atoms with van der Waals surface area (Å²) in [6.45, 7) is 1.49. The molecule has 0 aliphatic rings. The molecular formula is C15H11Cl2O2. The van der Waals surface area contributed by atoms with Gasteiger partial charge in [-0.1, -0.05) is 59.6 Å². The smallest absolute Gasteiger partial charge is 0.418 e. The lowest BCUT2D eigenvalue weighted by Gasteiger charge is -2.16. The van der Waals surface area contributed by atoms with E-state index in [1.165, 1.54) is 6.47 Å². The Morgan fingerprint density at radius 1 is 1.00 bits per heavy atom. The molecule has 0 aliphatic heterocycles. The Bertz CT molecular complexity index is 535. The Morgan fingerprint density at radius 2 is 1.63 bits per heavy atom. The maximum atomic E-state index is 10.5. The van der Waals surface area contributed by atoms with Crippen molar-refractivity contribution in [3.05, 3.63) is 69.7 Å². The molecule has 2 aromatic carbocycles. The minimum Gasteiger partial charge on any atom is -0.449 e. The average Bonchev–Trinajstić information content (AvgIpc) is 2.43. The second-order valence-electron chi connectivity index (χ2n) is 4.00. The van der Waals surface area contributed by atoms with E-state index < -0.39 is 6.10 Å². The fourth-order valence-corrected chi connectivity index (χ4v) is 2.42. The topological polar surface area (TPSA) is 26.3 Å². The molecule has 2 nitrogen and oxygen atoms in total. The van der Waals surface area contributed by atoms with Crippen LogP contribution in [-0.4, -0.2) is 6.47 Å². The molecule has 0 N–H and O–H groups in total. The summed E-state index contributed by atoms with van der Waals surface area (Å²) in [5, 5.41) is 1.12. The van der Waals surface area contributed by atoms with Crippen LogP contribution >= 0.6 is 23.2 Å². The van der Waals surface area contributed by atoms with Gasteiger partial charge in [0.05, 0.1) is 0 Å². The number of halogens is 2. The van der Waals surface area contributed by atoms with Crippen molar-refractivity contribution in [2.75, 3.05) is 0 Å². The SMILES string of the molecule is O=[C]OC(Cc1c(Cl)cccc1Cl)c1ccccc1. The van der Waals surface area contributed by atoms with E-state index in [2.05, 4.69) is 0 Å². The molecule has 0 amide bonds. The molecule has 1 radical (unpaired) electrons. The van der Waals surface area contributed by atoms with Crippen molar-refractivity contribution in [1.29, 1.82) is 0 Å². The molecule has 0 spiro atoms. The Morgan fingerprint density at radius 3 is 2.21 bits per heavy atom. The fourth-order valence-electron chi connectivity index (χ4n) is 1.87. The van der Waals surface area contributed by atoms with Gasteiger partial charge in [0, 0.05) is 16.5 Å². The van der Waals surface area contributed by atoms with Crippen molar-refractivity contribution >= 4 is 29.7 Å². The summed E-state index contributed by atoms with van der Waals surface area (Å²) < 4.78 is 5.02. The monoisotopic (exact) mass is 293 g/mol. The van der Waals surface area contributed by atoms with Gasteiger partial charge in [0.1, 0.15) is 6.10 Å². The zero-order chi connectivity index (χ0) is 13.7. The third kappa shape index (κ3) is 3.49. The van der Waals surface area contributed by atoms with Gasteiger partial charge in [-0.05, 0) is 23.3 Å². The summed E-state index contributed by atoms with van der Waals surface area (Å²) in [5.41, 5.74) is 1.64. The summed E-state index contributed by atoms with van der Waals surface area (Å²) in [6, 6.07) is 14.7. The molecule has 0 saturated heterocycles. The molecule has 0 aromatic heterocycles. The van der Waals surface area contributed by atoms with Gasteiger partial charge >= 0.3 is 6.47 Å². The van der Waals surface area contributed by atoms with E-state index in [0.29, 0.717) is 16.5 Å². The molecule has 1 unspecified atom stereocenters. The third-order valence-corrected chi connectivity index (χ3v) is 3.52. The van der Waals surface area contributed by atoms with Crippen molar-refractivity contribution in [2.24, 2.45) is 0 Å². The van der Waals surface area contributed by atoms with Crippen LogP contribution in [0.15, 0.2) is 48.5 Å². The fraction of sp³-hybridized carbons (Fsp3) is 0.133. The Balaban J connectivity index is 2.29. The van der Waals surface area contributed by atoms with Gasteiger partial charge in [0.15, 0.2) is 0 Å². The molecule has 1 atom stereocenters. The molecule has 0 fully saturated rings. The highest BCUT2D eigenvalue weighted by Gasteiger charge is 2.17. The molecule has 2 aromatic rings. The number of ether oxygens (including phenoxy) is 1. The molecular weight excluding hydrogens is 283 g/mol. The Labute approximate surface area is 121 Å². The second kappa shape index (κ2) is 6.60. The number of hydrogen-bond acceptors (Lipinski definition) is 2. The van der Waals surface area contributed by atoms with Crippen LogP contribution in [0.1, 0.15) is 17.2 Å². The largest absolute Gasteiger partial charge is 0.449 e. The number of hydrogen-bond donors (Lipinski definition) is 0. The van der Waals surface area contributed by atoms with Crippen LogP contribution in [0.5, 0.6) is 0 Å². The predicted octanol–water partition coefficient (Wildman–Crippen LogP) is 4.36. The first kappa shape index (κ1) is 13.9. The third-order valence-electron chi connectivity index (χ3n) is 2.81. The second-order valence-corrected chi connectivity index (χ2v) is 4.82. The maximum Gasteiger partial charge on any atom is 0.418 e. The first-order chi connectivity index (χ1) is 9.22. The molecule has 2 rings (SSSR count). The van der Waals surface area contributed by atoms with Crippen molar-refractivity contribution in [3.63, 3.8) is 0 Å². The van der Waals surface area contributed by atoms with Crippen LogP contribution in [0.4, 0.5) is 0 Å². The summed E-state index contributed by atoms with van der Waals surface area (Å²) >= 11 is 12.2. The zero-order valence-corrected chi connectivity index (χ0v) is 11.5. The van der Waals surface area contributed by atoms with Gasteiger partial charge in [0.25, 0.3) is 0 Å². The van der Waals surface area contributed by atoms with Gasteiger partial charge in [-0.3, -0.25) is 0 Å². The number of carbonyl (C=O) groups excluding carboxylic acids is 1. The van der Waals surface area contributed by atoms with Crippen LogP contribution in [0.2, 0.25) is 10.0 Å². The number of rotatable bonds is 5. The first-order valence-corrected chi connectivity index (χ1v) is 6.48. The van der Waals surface area contributed by atoms with Crippen molar-refractivity contribution < 1.29 is 9.53 Å². The lowest BCUT2D eigenvalue weighted by Crippen LogP contribution is -2.07. The van der Waals surface area contributed by atoms with Gasteiger partial charge in [0.2, 0.25) is 0 Å². The first-order valence-electron chi connectivity index (χ1n) is 5.73. The van der Waals surface area contributed by atoms with Crippen LogP contribution in [0.3, 0.4) is 0 Å². The molecule has 97 valence electrons. The van der Waals surface area contributed by atoms with E-state index in [9.17, 15) is 4.79 Å². The standard InChI is InChI=1S/C15H11Cl2O2/c16-13-7-4-8-14(17)12(13)9-15(19-10-18)11-5-2-1-3-6-11/h1-8,15H,9H2. The van der Waals surface area contributed by atoms with E-state index in [-0.39, 0.29) is 0 Å². The molecule has 0 aliphatic carbocycles. The normalized spacial score (nSPS) is 11.9. The van der Waals surface area contributed by atoms with Gasteiger partial charge in [-0.25, -0.2) is 4.79 Å². The Kier molecular flexibility index (Phi) is 4.83. The summed E-state index contributed by atoms with van der Waals surface area (Å²) in [6.07, 6.45) is -0.0336. The van der Waals surface area contributed by atoms with Crippen LogP contribution in [-0.2, 0) is 16.0 Å². The molecule has 0 heterocycles. The minimum atomic E-state index is -0.448. The van der Waals surface area contributed by atoms with Crippen molar-refractivity contribution in [1.82, 2.24) is 0 Å². The lowest BCUT2D eigenvalue weighted by molar-refractivity contribution is 0.179. The summed E-state index contributed by atoms with van der Waals surface area (Å²) in [7, 11) is 0. The van der Waals surface area contributed by atoms with Crippen molar-refractivity contribution in [3.8, 4) is 0 Å². The average molecular weight is 294 g/mol. The zero-order valence-electron chi connectivity index (χ0n) is 9.98. The highest BCUT2D eigenvalue weighted by atomic mass is 35.5. The molecule has 0 saturated carbocycles. The molecule has 0 bridgehead atoms. The van der Waals surface area contributed by atoms with Crippen LogP contribution in [0.25, 0.3) is 0 Å². The predicted molar refractivity (Wildman–Crippen MR) is 76.1 cm³/mol. The highest BCUT2D eigenvalue weighted by molar-refractivity contribution is 6.36. The van der Waals surface area contributed by atoms with Gasteiger partial charge < -0.3 is 4.74 Å². The molecule has 19 heavy (non-hydrogen) atoms. The van der Waals surface area contributed by atoms with E-state index in [4.69, 9.17) is 27.9 Å².